The summed E-state index contributed by atoms with van der Waals surface area (Å²) in [5.74, 6) is -0.126. The number of aldehydes is 1. The van der Waals surface area contributed by atoms with Crippen molar-refractivity contribution in [3.63, 3.8) is 0 Å². The summed E-state index contributed by atoms with van der Waals surface area (Å²) in [6.07, 6.45) is 3.71. The summed E-state index contributed by atoms with van der Waals surface area (Å²) < 4.78 is 6.55. The van der Waals surface area contributed by atoms with Gasteiger partial charge in [-0.05, 0) is 12.8 Å². The number of nitrogens with zero attached hydrogens (tertiary/aromatic N) is 3. The molecule has 0 saturated carbocycles. The molecule has 2 heterocycles. The summed E-state index contributed by atoms with van der Waals surface area (Å²) in [4.78, 5) is 22.0. The van der Waals surface area contributed by atoms with Crippen LogP contribution in [0.5, 0.6) is 0 Å². The molecule has 1 amide bonds. The Morgan fingerprint density at radius 1 is 1.59 bits per heavy atom. The van der Waals surface area contributed by atoms with Crippen LogP contribution >= 0.6 is 0 Å². The molecule has 0 radical (unpaired) electrons. The molecule has 0 aliphatic carbocycles. The number of carbonyl (C=O) groups excluding carboxylic acids is 2. The van der Waals surface area contributed by atoms with Gasteiger partial charge in [0.25, 0.3) is 0 Å². The van der Waals surface area contributed by atoms with Gasteiger partial charge in [-0.2, -0.15) is 0 Å². The van der Waals surface area contributed by atoms with Crippen LogP contribution in [0.25, 0.3) is 0 Å². The number of hydrogen-bond donors (Lipinski definition) is 1. The standard InChI is InChI=1S/C10H14N4O3/c15-7-9-5-14(13-12-9)6-10(16)11-8-1-3-17-4-2-8/h5,7-8H,1-4,6H2,(H,11,16). The van der Waals surface area contributed by atoms with E-state index in [2.05, 4.69) is 15.6 Å². The van der Waals surface area contributed by atoms with Gasteiger partial charge in [0.15, 0.2) is 6.29 Å². The Balaban J connectivity index is 1.81. The van der Waals surface area contributed by atoms with Crippen molar-refractivity contribution >= 4 is 12.2 Å². The largest absolute Gasteiger partial charge is 0.381 e. The van der Waals surface area contributed by atoms with Crippen molar-refractivity contribution in [1.29, 1.82) is 0 Å². The van der Waals surface area contributed by atoms with Gasteiger partial charge in [-0.25, -0.2) is 4.68 Å². The van der Waals surface area contributed by atoms with Gasteiger partial charge in [-0.15, -0.1) is 5.10 Å². The van der Waals surface area contributed by atoms with Crippen LogP contribution in [-0.2, 0) is 16.1 Å². The van der Waals surface area contributed by atoms with Crippen molar-refractivity contribution in [1.82, 2.24) is 20.3 Å². The lowest BCUT2D eigenvalue weighted by Crippen LogP contribution is -2.40. The fourth-order valence-electron chi connectivity index (χ4n) is 1.71. The highest BCUT2D eigenvalue weighted by Crippen LogP contribution is 2.05. The molecule has 2 rings (SSSR count). The van der Waals surface area contributed by atoms with E-state index >= 15 is 0 Å². The molecule has 1 N–H and O–H groups in total. The predicted octanol–water partition coefficient (Wildman–Crippen LogP) is -0.614. The Morgan fingerprint density at radius 2 is 2.35 bits per heavy atom. The summed E-state index contributed by atoms with van der Waals surface area (Å²) in [6, 6.07) is 0.172. The average molecular weight is 238 g/mol. The smallest absolute Gasteiger partial charge is 0.242 e. The highest BCUT2D eigenvalue weighted by Gasteiger charge is 2.16. The summed E-state index contributed by atoms with van der Waals surface area (Å²) in [6.45, 7) is 1.45. The van der Waals surface area contributed by atoms with Gasteiger partial charge in [-0.1, -0.05) is 5.21 Å². The molecule has 1 aromatic heterocycles. The van der Waals surface area contributed by atoms with Crippen LogP contribution in [0.3, 0.4) is 0 Å². The number of amides is 1. The first-order valence-corrected chi connectivity index (χ1v) is 5.50. The van der Waals surface area contributed by atoms with E-state index in [-0.39, 0.29) is 24.2 Å². The Morgan fingerprint density at radius 3 is 3.00 bits per heavy atom. The van der Waals surface area contributed by atoms with Crippen LogP contribution < -0.4 is 5.32 Å². The molecule has 1 aromatic rings. The lowest BCUT2D eigenvalue weighted by molar-refractivity contribution is -0.123. The Hall–Kier alpha value is -1.76. The Labute approximate surface area is 98.1 Å². The predicted molar refractivity (Wildman–Crippen MR) is 57.4 cm³/mol. The van der Waals surface area contributed by atoms with E-state index < -0.39 is 0 Å². The first kappa shape index (κ1) is 11.7. The third kappa shape index (κ3) is 3.35. The molecule has 1 aliphatic rings. The van der Waals surface area contributed by atoms with Crippen LogP contribution in [0, 0.1) is 0 Å². The van der Waals surface area contributed by atoms with E-state index in [1.165, 1.54) is 10.9 Å². The number of nitrogens with one attached hydrogen (secondary N) is 1. The van der Waals surface area contributed by atoms with Crippen LogP contribution in [0.1, 0.15) is 23.3 Å². The van der Waals surface area contributed by atoms with Crippen molar-refractivity contribution in [2.75, 3.05) is 13.2 Å². The second kappa shape index (κ2) is 5.53. The molecule has 0 spiro atoms. The van der Waals surface area contributed by atoms with E-state index in [0.717, 1.165) is 12.8 Å². The highest BCUT2D eigenvalue weighted by molar-refractivity contribution is 5.76. The van der Waals surface area contributed by atoms with Crippen molar-refractivity contribution in [3.05, 3.63) is 11.9 Å². The molecule has 0 bridgehead atoms. The zero-order chi connectivity index (χ0) is 12.1. The molecule has 0 aromatic carbocycles. The van der Waals surface area contributed by atoms with Gasteiger partial charge in [0.1, 0.15) is 12.2 Å². The third-order valence-corrected chi connectivity index (χ3v) is 2.57. The second-order valence-corrected chi connectivity index (χ2v) is 3.91. The van der Waals surface area contributed by atoms with Gasteiger partial charge in [0.2, 0.25) is 5.91 Å². The van der Waals surface area contributed by atoms with Crippen LogP contribution in [0.2, 0.25) is 0 Å². The lowest BCUT2D eigenvalue weighted by Gasteiger charge is -2.22. The van der Waals surface area contributed by atoms with Gasteiger partial charge >= 0.3 is 0 Å². The number of ether oxygens (including phenoxy) is 1. The minimum Gasteiger partial charge on any atom is -0.381 e. The van der Waals surface area contributed by atoms with Crippen molar-refractivity contribution in [2.45, 2.75) is 25.4 Å². The molecule has 92 valence electrons. The fourth-order valence-corrected chi connectivity index (χ4v) is 1.71. The first-order chi connectivity index (χ1) is 8.28. The maximum Gasteiger partial charge on any atom is 0.242 e. The SMILES string of the molecule is O=Cc1cn(CC(=O)NC2CCOCC2)nn1. The number of aromatic nitrogens is 3. The monoisotopic (exact) mass is 238 g/mol. The molecule has 1 fully saturated rings. The average Bonchev–Trinajstić information content (AvgIpc) is 2.78. The van der Waals surface area contributed by atoms with Gasteiger partial charge in [0.05, 0.1) is 6.20 Å². The molecular weight excluding hydrogens is 224 g/mol. The maximum absolute atomic E-state index is 11.6. The first-order valence-electron chi connectivity index (χ1n) is 5.50. The summed E-state index contributed by atoms with van der Waals surface area (Å²) in [7, 11) is 0. The van der Waals surface area contributed by atoms with E-state index in [0.29, 0.717) is 19.5 Å². The molecule has 17 heavy (non-hydrogen) atoms. The summed E-state index contributed by atoms with van der Waals surface area (Å²) >= 11 is 0. The molecule has 0 unspecified atom stereocenters. The third-order valence-electron chi connectivity index (χ3n) is 2.57. The molecule has 7 nitrogen and oxygen atoms in total. The molecule has 0 atom stereocenters. The number of hydrogen-bond acceptors (Lipinski definition) is 5. The van der Waals surface area contributed by atoms with Gasteiger partial charge in [0, 0.05) is 19.3 Å². The summed E-state index contributed by atoms with van der Waals surface area (Å²) in [5.41, 5.74) is 0.226. The van der Waals surface area contributed by atoms with Crippen molar-refractivity contribution in [3.8, 4) is 0 Å². The topological polar surface area (TPSA) is 86.1 Å². The highest BCUT2D eigenvalue weighted by atomic mass is 16.5. The van der Waals surface area contributed by atoms with E-state index in [1.807, 2.05) is 0 Å². The summed E-state index contributed by atoms with van der Waals surface area (Å²) in [5, 5.41) is 10.1. The molecule has 1 saturated heterocycles. The van der Waals surface area contributed by atoms with Crippen LogP contribution in [-0.4, -0.2) is 46.4 Å². The van der Waals surface area contributed by atoms with Crippen molar-refractivity contribution in [2.24, 2.45) is 0 Å². The fraction of sp³-hybridized carbons (Fsp3) is 0.600. The zero-order valence-corrected chi connectivity index (χ0v) is 9.33. The molecule has 1 aliphatic heterocycles. The quantitative estimate of drug-likeness (QED) is 0.707. The van der Waals surface area contributed by atoms with Crippen molar-refractivity contribution < 1.29 is 14.3 Å². The Bertz CT molecular complexity index is 398. The maximum atomic E-state index is 11.6. The van der Waals surface area contributed by atoms with Gasteiger partial charge in [-0.3, -0.25) is 9.59 Å². The second-order valence-electron chi connectivity index (χ2n) is 3.91. The van der Waals surface area contributed by atoms with E-state index in [4.69, 9.17) is 4.74 Å². The van der Waals surface area contributed by atoms with Crippen LogP contribution in [0.15, 0.2) is 6.20 Å². The minimum atomic E-state index is -0.126. The normalized spacial score (nSPS) is 16.7. The Kier molecular flexibility index (Phi) is 3.81. The lowest BCUT2D eigenvalue weighted by atomic mass is 10.1. The van der Waals surface area contributed by atoms with Gasteiger partial charge < -0.3 is 10.1 Å². The van der Waals surface area contributed by atoms with Crippen LogP contribution in [0.4, 0.5) is 0 Å². The van der Waals surface area contributed by atoms with E-state index in [9.17, 15) is 9.59 Å². The minimum absolute atomic E-state index is 0.0815. The molecule has 7 heteroatoms. The molecular formula is C10H14N4O3. The zero-order valence-electron chi connectivity index (χ0n) is 9.33. The number of carbonyl (C=O) groups is 2. The van der Waals surface area contributed by atoms with E-state index in [1.54, 1.807) is 0 Å². The number of rotatable bonds is 4.